The Bertz CT molecular complexity index is 1950. The number of phenolic OH excluding ortho intramolecular Hbond substituents is 1. The Morgan fingerprint density at radius 3 is 2.80 bits per heavy atom. The van der Waals surface area contributed by atoms with E-state index in [0.29, 0.717) is 42.6 Å². The summed E-state index contributed by atoms with van der Waals surface area (Å²) >= 11 is 0. The highest BCUT2D eigenvalue weighted by molar-refractivity contribution is 6.03. The van der Waals surface area contributed by atoms with Crippen molar-refractivity contribution in [3.63, 3.8) is 0 Å². The van der Waals surface area contributed by atoms with Crippen molar-refractivity contribution in [3.8, 4) is 35.4 Å². The molecule has 4 aliphatic heterocycles. The van der Waals surface area contributed by atoms with Crippen LogP contribution in [0.2, 0.25) is 0 Å². The Morgan fingerprint density at radius 1 is 1.15 bits per heavy atom. The number of nitrogens with zero attached hydrogens (tertiary/aromatic N) is 5. The van der Waals surface area contributed by atoms with E-state index in [4.69, 9.17) is 16.1 Å². The summed E-state index contributed by atoms with van der Waals surface area (Å²) in [7, 11) is 0. The zero-order valence-electron chi connectivity index (χ0n) is 25.8. The lowest BCUT2D eigenvalue weighted by Crippen LogP contribution is -2.53. The van der Waals surface area contributed by atoms with Gasteiger partial charge >= 0.3 is 6.01 Å². The smallest absolute Gasteiger partial charge is 0.319 e. The van der Waals surface area contributed by atoms with Crippen molar-refractivity contribution in [1.29, 1.82) is 0 Å². The second-order valence-corrected chi connectivity index (χ2v) is 14.0. The molecule has 4 aromatic rings. The van der Waals surface area contributed by atoms with Crippen molar-refractivity contribution in [1.82, 2.24) is 25.2 Å². The van der Waals surface area contributed by atoms with E-state index in [1.807, 2.05) is 0 Å². The number of benzene rings is 2. The number of aromatic hydroxyl groups is 1. The molecule has 0 spiro atoms. The lowest BCUT2D eigenvalue weighted by atomic mass is 9.84. The van der Waals surface area contributed by atoms with Gasteiger partial charge in [-0.2, -0.15) is 9.97 Å². The van der Waals surface area contributed by atoms with Gasteiger partial charge in [0.05, 0.1) is 16.5 Å². The average molecular weight is 629 g/mol. The first-order chi connectivity index (χ1) is 22.0. The van der Waals surface area contributed by atoms with Crippen molar-refractivity contribution in [3.05, 3.63) is 47.7 Å². The molecule has 0 saturated carbocycles. The highest BCUT2D eigenvalue weighted by Gasteiger charge is 2.50. The molecule has 8 nitrogen and oxygen atoms in total. The van der Waals surface area contributed by atoms with Crippen molar-refractivity contribution in [2.75, 3.05) is 37.7 Å². The second kappa shape index (κ2) is 10.4. The Labute approximate surface area is 265 Å². The van der Waals surface area contributed by atoms with Crippen LogP contribution in [0.4, 0.5) is 19.0 Å². The fraction of sp³-hybridized carbons (Fsp3) is 0.457. The predicted molar refractivity (Wildman–Crippen MR) is 170 cm³/mol. The Kier molecular flexibility index (Phi) is 6.64. The quantitative estimate of drug-likeness (QED) is 0.287. The Balaban J connectivity index is 1.28. The van der Waals surface area contributed by atoms with Crippen molar-refractivity contribution < 1.29 is 23.0 Å². The number of ether oxygens (including phenoxy) is 1. The van der Waals surface area contributed by atoms with Crippen LogP contribution in [0.5, 0.6) is 11.8 Å². The molecule has 4 atom stereocenters. The minimum atomic E-state index is -0.919. The minimum absolute atomic E-state index is 0.00310. The van der Waals surface area contributed by atoms with Gasteiger partial charge in [0.1, 0.15) is 41.4 Å². The molecule has 238 valence electrons. The normalized spacial score (nSPS) is 27.0. The molecule has 2 N–H and O–H groups in total. The SMILES string of the molecule is C#Cc1c(F)ccc2cc(O)cc(-c3ncc4c(N5C[C@H]6CC(C)(C)[C@@H](C5)N6)nc(OC[C@@]56CCCN5C[C@H](F)C6)nc4c3F)c12. The lowest BCUT2D eigenvalue weighted by molar-refractivity contribution is 0.107. The first kappa shape index (κ1) is 29.3. The monoisotopic (exact) mass is 628 g/mol. The number of rotatable bonds is 5. The van der Waals surface area contributed by atoms with Crippen LogP contribution in [0.1, 0.15) is 45.1 Å². The first-order valence-corrected chi connectivity index (χ1v) is 15.9. The number of fused-ring (bicyclic) bond motifs is 5. The molecule has 46 heavy (non-hydrogen) atoms. The summed E-state index contributed by atoms with van der Waals surface area (Å²) in [4.78, 5) is 18.2. The average Bonchev–Trinajstić information content (AvgIpc) is 3.61. The van der Waals surface area contributed by atoms with E-state index in [2.05, 4.69) is 44.9 Å². The molecule has 8 rings (SSSR count). The molecule has 4 saturated heterocycles. The van der Waals surface area contributed by atoms with Gasteiger partial charge in [-0.1, -0.05) is 25.8 Å². The molecule has 2 bridgehead atoms. The third-order valence-corrected chi connectivity index (χ3v) is 10.6. The van der Waals surface area contributed by atoms with Gasteiger partial charge in [-0.25, -0.2) is 13.2 Å². The van der Waals surface area contributed by atoms with Gasteiger partial charge in [0, 0.05) is 55.3 Å². The van der Waals surface area contributed by atoms with Crippen molar-refractivity contribution in [2.24, 2.45) is 5.41 Å². The van der Waals surface area contributed by atoms with Gasteiger partial charge in [-0.15, -0.1) is 6.42 Å². The molecular weight excluding hydrogens is 593 g/mol. The van der Waals surface area contributed by atoms with E-state index in [1.165, 1.54) is 30.5 Å². The number of hydrogen-bond donors (Lipinski definition) is 2. The molecule has 11 heteroatoms. The summed E-state index contributed by atoms with van der Waals surface area (Å²) in [5.74, 6) is 1.34. The number of terminal acetylenes is 1. The largest absolute Gasteiger partial charge is 0.508 e. The van der Waals surface area contributed by atoms with Crippen LogP contribution in [0.15, 0.2) is 30.5 Å². The summed E-state index contributed by atoms with van der Waals surface area (Å²) < 4.78 is 52.4. The van der Waals surface area contributed by atoms with Gasteiger partial charge in [-0.05, 0) is 54.8 Å². The summed E-state index contributed by atoms with van der Waals surface area (Å²) in [6.07, 6.45) is 9.44. The second-order valence-electron chi connectivity index (χ2n) is 14.0. The van der Waals surface area contributed by atoms with Crippen molar-refractivity contribution in [2.45, 2.75) is 63.3 Å². The summed E-state index contributed by atoms with van der Waals surface area (Å²) in [5.41, 5.74) is -0.413. The number of aromatic nitrogens is 3. The molecule has 6 heterocycles. The third kappa shape index (κ3) is 4.56. The number of phenols is 1. The van der Waals surface area contributed by atoms with Gasteiger partial charge in [0.15, 0.2) is 5.82 Å². The maximum absolute atomic E-state index is 16.8. The van der Waals surface area contributed by atoms with E-state index >= 15 is 4.39 Å². The summed E-state index contributed by atoms with van der Waals surface area (Å²) in [6, 6.07) is 5.93. The standard InChI is InChI=1S/C35H35F3N6O2/c1-4-23-26(37)7-6-19-10-22(45)11-24(28(19)23)30-29(38)31-25(14-39-30)32(43-16-21-13-34(2,3)27(17-43)40-21)42-33(41-31)46-18-35-8-5-9-44(35)15-20(36)12-35/h1,6-7,10-11,14,20-21,27,40,45H,5,8-9,12-13,15-18H2,2-3H3/t20-,21-,27-,35+/m1/s1. The van der Waals surface area contributed by atoms with E-state index in [9.17, 15) is 13.9 Å². The summed E-state index contributed by atoms with van der Waals surface area (Å²) in [6.45, 7) is 7.20. The zero-order chi connectivity index (χ0) is 32.0. The van der Waals surface area contributed by atoms with Gasteiger partial charge in [0.2, 0.25) is 0 Å². The van der Waals surface area contributed by atoms with E-state index < -0.39 is 23.3 Å². The van der Waals surface area contributed by atoms with E-state index in [0.717, 1.165) is 25.8 Å². The highest BCUT2D eigenvalue weighted by atomic mass is 19.1. The van der Waals surface area contributed by atoms with Crippen LogP contribution < -0.4 is 15.0 Å². The predicted octanol–water partition coefficient (Wildman–Crippen LogP) is 5.34. The maximum atomic E-state index is 16.8. The number of nitrogens with one attached hydrogen (secondary N) is 1. The van der Waals surface area contributed by atoms with Crippen LogP contribution in [-0.4, -0.2) is 81.5 Å². The van der Waals surface area contributed by atoms with Crippen molar-refractivity contribution >= 4 is 27.5 Å². The molecular formula is C35H35F3N6O2. The molecule has 0 radical (unpaired) electrons. The zero-order valence-corrected chi connectivity index (χ0v) is 25.8. The van der Waals surface area contributed by atoms with E-state index in [1.54, 1.807) is 0 Å². The van der Waals surface area contributed by atoms with Crippen LogP contribution in [-0.2, 0) is 0 Å². The van der Waals surface area contributed by atoms with Gasteiger partial charge in [0.25, 0.3) is 0 Å². The van der Waals surface area contributed by atoms with Crippen LogP contribution in [0, 0.1) is 29.4 Å². The molecule has 0 amide bonds. The molecule has 4 fully saturated rings. The number of anilines is 1. The minimum Gasteiger partial charge on any atom is -0.508 e. The molecule has 2 aromatic carbocycles. The molecule has 0 unspecified atom stereocenters. The first-order valence-electron chi connectivity index (χ1n) is 15.9. The maximum Gasteiger partial charge on any atom is 0.319 e. The van der Waals surface area contributed by atoms with Crippen LogP contribution in [0.25, 0.3) is 32.9 Å². The number of pyridine rings is 1. The van der Waals surface area contributed by atoms with Crippen LogP contribution in [0.3, 0.4) is 0 Å². The molecule has 0 aliphatic carbocycles. The third-order valence-electron chi connectivity index (χ3n) is 10.6. The van der Waals surface area contributed by atoms with Gasteiger partial charge in [-0.3, -0.25) is 9.88 Å². The Hall–Kier alpha value is -4.14. The summed E-state index contributed by atoms with van der Waals surface area (Å²) in [5, 5.41) is 15.4. The number of alkyl halides is 1. The van der Waals surface area contributed by atoms with E-state index in [-0.39, 0.29) is 63.6 Å². The molecule has 2 aromatic heterocycles. The topological polar surface area (TPSA) is 86.6 Å². The highest BCUT2D eigenvalue weighted by Crippen LogP contribution is 2.43. The van der Waals surface area contributed by atoms with Gasteiger partial charge < -0.3 is 20.1 Å². The fourth-order valence-electron chi connectivity index (χ4n) is 8.41. The number of halogens is 3. The number of piperazine rings is 1. The molecule has 4 aliphatic rings. The Morgan fingerprint density at radius 2 is 2.00 bits per heavy atom. The number of hydrogen-bond acceptors (Lipinski definition) is 8. The lowest BCUT2D eigenvalue weighted by Gasteiger charge is -2.36. The fourth-order valence-corrected chi connectivity index (χ4v) is 8.41. The van der Waals surface area contributed by atoms with Crippen LogP contribution >= 0.6 is 0 Å².